The molecule has 124 valence electrons. The van der Waals surface area contributed by atoms with Crippen molar-refractivity contribution < 1.29 is 9.53 Å². The van der Waals surface area contributed by atoms with Crippen molar-refractivity contribution >= 4 is 17.6 Å². The highest BCUT2D eigenvalue weighted by Crippen LogP contribution is 2.23. The summed E-state index contributed by atoms with van der Waals surface area (Å²) in [5, 5.41) is 6.21. The van der Waals surface area contributed by atoms with Crippen LogP contribution in [-0.4, -0.2) is 34.3 Å². The van der Waals surface area contributed by atoms with Crippen LogP contribution in [0.5, 0.6) is 5.75 Å². The minimum Gasteiger partial charge on any atom is -0.487 e. The Morgan fingerprint density at radius 3 is 2.87 bits per heavy atom. The van der Waals surface area contributed by atoms with Crippen LogP contribution in [0.15, 0.2) is 43.0 Å². The van der Waals surface area contributed by atoms with Gasteiger partial charge in [-0.2, -0.15) is 0 Å². The summed E-state index contributed by atoms with van der Waals surface area (Å²) in [5.41, 5.74) is 0. The van der Waals surface area contributed by atoms with E-state index in [0.29, 0.717) is 23.9 Å². The Balaban J connectivity index is 1.70. The lowest BCUT2D eigenvalue weighted by molar-refractivity contribution is 0.206. The van der Waals surface area contributed by atoms with Crippen molar-refractivity contribution in [2.24, 2.45) is 0 Å². The Morgan fingerprint density at radius 2 is 2.17 bits per heavy atom. The monoisotopic (exact) mass is 336 g/mol. The molecular weight excluding hydrogens is 316 g/mol. The molecule has 0 spiro atoms. The van der Waals surface area contributed by atoms with Gasteiger partial charge in [0, 0.05) is 25.0 Å². The summed E-state index contributed by atoms with van der Waals surface area (Å²) >= 11 is 6.04. The molecule has 2 atom stereocenters. The summed E-state index contributed by atoms with van der Waals surface area (Å²) in [6.45, 7) is 4.86. The molecule has 7 heteroatoms. The van der Waals surface area contributed by atoms with Crippen LogP contribution in [0, 0.1) is 0 Å². The first-order chi connectivity index (χ1) is 11.0. The van der Waals surface area contributed by atoms with E-state index in [4.69, 9.17) is 16.3 Å². The molecule has 1 aromatic carbocycles. The van der Waals surface area contributed by atoms with Crippen LogP contribution in [0.25, 0.3) is 0 Å². The van der Waals surface area contributed by atoms with E-state index in [0.717, 1.165) is 0 Å². The van der Waals surface area contributed by atoms with E-state index in [1.54, 1.807) is 24.7 Å². The number of halogens is 1. The second kappa shape index (κ2) is 8.43. The van der Waals surface area contributed by atoms with Crippen molar-refractivity contribution in [3.8, 4) is 5.75 Å². The normalized spacial score (nSPS) is 13.2. The lowest BCUT2D eigenvalue weighted by atomic mass is 10.3. The van der Waals surface area contributed by atoms with Gasteiger partial charge in [0.15, 0.2) is 0 Å². The van der Waals surface area contributed by atoms with Gasteiger partial charge in [0.05, 0.1) is 17.9 Å². The van der Waals surface area contributed by atoms with Crippen molar-refractivity contribution in [1.82, 2.24) is 20.2 Å². The van der Waals surface area contributed by atoms with Gasteiger partial charge < -0.3 is 19.9 Å². The van der Waals surface area contributed by atoms with Crippen LogP contribution in [0.2, 0.25) is 5.02 Å². The van der Waals surface area contributed by atoms with E-state index in [-0.39, 0.29) is 18.2 Å². The molecule has 0 radical (unpaired) electrons. The summed E-state index contributed by atoms with van der Waals surface area (Å²) in [6, 6.07) is 7.02. The number of hydrogen-bond acceptors (Lipinski definition) is 3. The molecule has 0 unspecified atom stereocenters. The highest BCUT2D eigenvalue weighted by Gasteiger charge is 2.11. The fraction of sp³-hybridized carbons (Fsp3) is 0.375. The van der Waals surface area contributed by atoms with Crippen LogP contribution in [-0.2, 0) is 6.54 Å². The van der Waals surface area contributed by atoms with Crippen molar-refractivity contribution in [2.75, 3.05) is 6.54 Å². The number of ether oxygens (including phenoxy) is 1. The molecule has 1 heterocycles. The summed E-state index contributed by atoms with van der Waals surface area (Å²) in [4.78, 5) is 15.8. The predicted molar refractivity (Wildman–Crippen MR) is 89.8 cm³/mol. The second-order valence-corrected chi connectivity index (χ2v) is 5.78. The van der Waals surface area contributed by atoms with Crippen molar-refractivity contribution in [3.05, 3.63) is 48.0 Å². The molecule has 1 aromatic heterocycles. The molecule has 0 aliphatic rings. The summed E-state index contributed by atoms with van der Waals surface area (Å²) < 4.78 is 7.61. The van der Waals surface area contributed by atoms with Gasteiger partial charge in [0.2, 0.25) is 0 Å². The molecule has 23 heavy (non-hydrogen) atoms. The third-order valence-corrected chi connectivity index (χ3v) is 3.45. The van der Waals surface area contributed by atoms with Crippen LogP contribution >= 0.6 is 11.6 Å². The number of rotatable bonds is 7. The summed E-state index contributed by atoms with van der Waals surface area (Å²) in [7, 11) is 0. The maximum absolute atomic E-state index is 11.9. The number of imidazole rings is 1. The van der Waals surface area contributed by atoms with Crippen molar-refractivity contribution in [3.63, 3.8) is 0 Å². The fourth-order valence-corrected chi connectivity index (χ4v) is 2.25. The Hall–Kier alpha value is -2.21. The third kappa shape index (κ3) is 5.83. The Bertz CT molecular complexity index is 618. The number of nitrogens with one attached hydrogen (secondary N) is 2. The molecule has 0 aliphatic carbocycles. The number of benzene rings is 1. The minimum atomic E-state index is -0.229. The number of urea groups is 1. The SMILES string of the molecule is C[C@@H](Cn1ccnc1)NC(=O)NC[C@H](C)Oc1ccccc1Cl. The molecular formula is C16H21ClN4O2. The number of nitrogens with zero attached hydrogens (tertiary/aromatic N) is 2. The lowest BCUT2D eigenvalue weighted by Gasteiger charge is -2.18. The number of carbonyl (C=O) groups is 1. The largest absolute Gasteiger partial charge is 0.487 e. The van der Waals surface area contributed by atoms with E-state index in [1.807, 2.05) is 36.7 Å². The first-order valence-electron chi connectivity index (χ1n) is 7.46. The maximum atomic E-state index is 11.9. The van der Waals surface area contributed by atoms with Gasteiger partial charge in [-0.25, -0.2) is 9.78 Å². The maximum Gasteiger partial charge on any atom is 0.315 e. The number of hydrogen-bond donors (Lipinski definition) is 2. The van der Waals surface area contributed by atoms with Gasteiger partial charge in [-0.15, -0.1) is 0 Å². The van der Waals surface area contributed by atoms with Crippen LogP contribution in [0.1, 0.15) is 13.8 Å². The zero-order valence-electron chi connectivity index (χ0n) is 13.2. The molecule has 0 bridgehead atoms. The number of aromatic nitrogens is 2. The van der Waals surface area contributed by atoms with Crippen LogP contribution < -0.4 is 15.4 Å². The number of carbonyl (C=O) groups excluding carboxylic acids is 1. The summed E-state index contributed by atoms with van der Waals surface area (Å²) in [5.74, 6) is 0.609. The van der Waals surface area contributed by atoms with E-state index in [9.17, 15) is 4.79 Å². The standard InChI is InChI=1S/C16H21ClN4O2/c1-12(10-21-8-7-18-11-21)20-16(22)19-9-13(2)23-15-6-4-3-5-14(15)17/h3-8,11-13H,9-10H2,1-2H3,(H2,19,20,22)/t12-,13-/m0/s1. The first kappa shape index (κ1) is 17.1. The lowest BCUT2D eigenvalue weighted by Crippen LogP contribution is -2.45. The van der Waals surface area contributed by atoms with Gasteiger partial charge in [-0.3, -0.25) is 0 Å². The molecule has 2 rings (SSSR count). The molecule has 6 nitrogen and oxygen atoms in total. The average molecular weight is 337 g/mol. The number of amides is 2. The summed E-state index contributed by atoms with van der Waals surface area (Å²) in [6.07, 6.45) is 5.09. The van der Waals surface area contributed by atoms with E-state index in [1.165, 1.54) is 0 Å². The Kier molecular flexibility index (Phi) is 6.29. The molecule has 2 amide bonds. The van der Waals surface area contributed by atoms with Crippen LogP contribution in [0.3, 0.4) is 0 Å². The van der Waals surface area contributed by atoms with Crippen molar-refractivity contribution in [2.45, 2.75) is 32.5 Å². The smallest absolute Gasteiger partial charge is 0.315 e. The Labute approximate surface area is 140 Å². The van der Waals surface area contributed by atoms with Crippen LogP contribution in [0.4, 0.5) is 4.79 Å². The highest BCUT2D eigenvalue weighted by atomic mass is 35.5. The van der Waals surface area contributed by atoms with E-state index < -0.39 is 0 Å². The quantitative estimate of drug-likeness (QED) is 0.816. The zero-order chi connectivity index (χ0) is 16.7. The van der Waals surface area contributed by atoms with Gasteiger partial charge in [0.25, 0.3) is 0 Å². The van der Waals surface area contributed by atoms with Crippen molar-refractivity contribution in [1.29, 1.82) is 0 Å². The first-order valence-corrected chi connectivity index (χ1v) is 7.83. The molecule has 0 saturated carbocycles. The third-order valence-electron chi connectivity index (χ3n) is 3.14. The predicted octanol–water partition coefficient (Wildman–Crippen LogP) is 2.69. The van der Waals surface area contributed by atoms with E-state index >= 15 is 0 Å². The van der Waals surface area contributed by atoms with Gasteiger partial charge in [-0.05, 0) is 26.0 Å². The molecule has 2 aromatic rings. The minimum absolute atomic E-state index is 0.0102. The molecule has 0 saturated heterocycles. The van der Waals surface area contributed by atoms with Gasteiger partial charge in [-0.1, -0.05) is 23.7 Å². The molecule has 0 fully saturated rings. The average Bonchev–Trinajstić information content (AvgIpc) is 3.00. The van der Waals surface area contributed by atoms with Gasteiger partial charge >= 0.3 is 6.03 Å². The molecule has 2 N–H and O–H groups in total. The van der Waals surface area contributed by atoms with Gasteiger partial charge in [0.1, 0.15) is 11.9 Å². The highest BCUT2D eigenvalue weighted by molar-refractivity contribution is 6.32. The number of para-hydroxylation sites is 1. The zero-order valence-corrected chi connectivity index (χ0v) is 14.0. The van der Waals surface area contributed by atoms with E-state index in [2.05, 4.69) is 15.6 Å². The fourth-order valence-electron chi connectivity index (χ4n) is 2.07. The molecule has 0 aliphatic heterocycles. The topological polar surface area (TPSA) is 68.2 Å². The second-order valence-electron chi connectivity index (χ2n) is 5.37. The Morgan fingerprint density at radius 1 is 1.39 bits per heavy atom.